The molecule has 0 saturated carbocycles. The first-order valence-corrected chi connectivity index (χ1v) is 13.0. The van der Waals surface area contributed by atoms with E-state index in [4.69, 9.17) is 15.3 Å². The van der Waals surface area contributed by atoms with Gasteiger partial charge in [0.2, 0.25) is 17.3 Å². The number of hydrogen-bond acceptors (Lipinski definition) is 9. The Bertz CT molecular complexity index is 1240. The molecule has 0 bridgehead atoms. The number of hydrogen-bond donors (Lipinski definition) is 3. The van der Waals surface area contributed by atoms with Gasteiger partial charge in [0.15, 0.2) is 17.3 Å². The van der Waals surface area contributed by atoms with E-state index in [1.165, 1.54) is 36.4 Å². The minimum Gasteiger partial charge on any atom is -0.504 e. The van der Waals surface area contributed by atoms with Crippen LogP contribution in [0.25, 0.3) is 0 Å². The smallest absolute Gasteiger partial charge is 0.448 e. The predicted octanol–water partition coefficient (Wildman–Crippen LogP) is 6.33. The quantitative estimate of drug-likeness (QED) is 0.112. The second-order valence-corrected chi connectivity index (χ2v) is 9.95. The maximum atomic E-state index is 11.8. The Balaban J connectivity index is -0.000000276. The SMILES string of the molecule is O.O.O.O=C(/C=C(\O)C(F)(F)F)c1cccs1.O=C(/C=C(\O)C(F)(F)F)c1cccs1.O=C(/C=C(\O)C(F)(F)F)c1cccs1.[Eu]. The molecule has 0 aliphatic rings. The molecule has 1 radical (unpaired) electrons. The summed E-state index contributed by atoms with van der Waals surface area (Å²) in [5, 5.41) is 30.1. The van der Waals surface area contributed by atoms with Crippen molar-refractivity contribution in [2.45, 2.75) is 18.5 Å². The number of allylic oxidation sites excluding steroid dienone is 6. The molecule has 22 heteroatoms. The van der Waals surface area contributed by atoms with Gasteiger partial charge >= 0.3 is 18.5 Å². The number of rotatable bonds is 6. The summed E-state index contributed by atoms with van der Waals surface area (Å²) in [6.45, 7) is 0. The van der Waals surface area contributed by atoms with E-state index < -0.39 is 53.2 Å². The zero-order chi connectivity index (χ0) is 32.3. The van der Waals surface area contributed by atoms with E-state index in [-0.39, 0.29) is 98.7 Å². The maximum absolute atomic E-state index is 11.8. The van der Waals surface area contributed by atoms with Gasteiger partial charge in [-0.3, -0.25) is 14.4 Å². The Hall–Kier alpha value is -2.44. The number of aliphatic hydroxyl groups excluding tert-OH is 3. The topological polar surface area (TPSA) is 206 Å². The Morgan fingerprint density at radius 1 is 0.500 bits per heavy atom. The molecule has 3 aromatic heterocycles. The molecule has 0 unspecified atom stereocenters. The fraction of sp³-hybridized carbons (Fsp3) is 0.125. The van der Waals surface area contributed by atoms with Crippen LogP contribution in [0.5, 0.6) is 0 Å². The van der Waals surface area contributed by atoms with E-state index in [2.05, 4.69) is 0 Å². The van der Waals surface area contributed by atoms with Crippen LogP contribution in [0.15, 0.2) is 88.0 Å². The monoisotopic (exact) mass is 873 g/mol. The average molecular weight is 873 g/mol. The summed E-state index contributed by atoms with van der Waals surface area (Å²) in [6, 6.07) is 8.76. The van der Waals surface area contributed by atoms with E-state index in [9.17, 15) is 53.9 Å². The van der Waals surface area contributed by atoms with Crippen LogP contribution < -0.4 is 0 Å². The number of aliphatic hydroxyl groups is 3. The van der Waals surface area contributed by atoms with Crippen LogP contribution in [-0.4, -0.2) is 67.6 Å². The largest absolute Gasteiger partial charge is 0.504 e. The van der Waals surface area contributed by atoms with Gasteiger partial charge in [-0.05, 0) is 34.3 Å². The van der Waals surface area contributed by atoms with Crippen molar-refractivity contribution in [1.29, 1.82) is 0 Å². The van der Waals surface area contributed by atoms with Gasteiger partial charge in [0, 0.05) is 67.6 Å². The Morgan fingerprint density at radius 3 is 0.826 bits per heavy atom. The molecule has 3 aromatic rings. The van der Waals surface area contributed by atoms with Gasteiger partial charge in [0.25, 0.3) is 0 Å². The third kappa shape index (κ3) is 18.6. The summed E-state index contributed by atoms with van der Waals surface area (Å²) in [7, 11) is 0. The van der Waals surface area contributed by atoms with E-state index >= 15 is 0 Å². The number of thiophene rings is 3. The van der Waals surface area contributed by atoms with Crippen molar-refractivity contribution in [3.05, 3.63) is 103 Å². The van der Waals surface area contributed by atoms with Crippen molar-refractivity contribution in [3.8, 4) is 0 Å². The first-order valence-electron chi connectivity index (χ1n) is 10.4. The van der Waals surface area contributed by atoms with Crippen molar-refractivity contribution in [3.63, 3.8) is 0 Å². The van der Waals surface area contributed by atoms with Gasteiger partial charge in [-0.1, -0.05) is 18.2 Å². The average Bonchev–Trinajstić information content (AvgIpc) is 3.66. The summed E-state index contributed by atoms with van der Waals surface area (Å²) >= 11 is 3.03. The molecule has 0 fully saturated rings. The van der Waals surface area contributed by atoms with Crippen molar-refractivity contribution in [2.24, 2.45) is 0 Å². The van der Waals surface area contributed by atoms with Gasteiger partial charge in [-0.25, -0.2) is 0 Å². The van der Waals surface area contributed by atoms with Crippen molar-refractivity contribution in [2.75, 3.05) is 0 Å². The zero-order valence-corrected chi connectivity index (χ0v) is 26.9. The number of ketones is 3. The molecule has 9 N–H and O–H groups in total. The molecule has 0 amide bonds. The van der Waals surface area contributed by atoms with Gasteiger partial charge in [0.05, 0.1) is 14.6 Å². The molecule has 3 rings (SSSR count). The van der Waals surface area contributed by atoms with E-state index in [1.807, 2.05) is 0 Å². The summed E-state index contributed by atoms with van der Waals surface area (Å²) < 4.78 is 106. The molecular weight excluding hydrogens is 851 g/mol. The third-order valence-corrected chi connectivity index (χ3v) is 6.62. The van der Waals surface area contributed by atoms with Gasteiger partial charge in [-0.15, -0.1) is 34.0 Å². The zero-order valence-electron chi connectivity index (χ0n) is 22.0. The number of halogens is 9. The van der Waals surface area contributed by atoms with Crippen LogP contribution in [0.2, 0.25) is 0 Å². The second kappa shape index (κ2) is 22.2. The molecule has 3 heterocycles. The van der Waals surface area contributed by atoms with Crippen LogP contribution in [0.1, 0.15) is 29.0 Å². The second-order valence-electron chi connectivity index (χ2n) is 7.11. The van der Waals surface area contributed by atoms with E-state index in [1.54, 1.807) is 16.1 Å². The summed E-state index contributed by atoms with van der Waals surface area (Å²) in [4.78, 5) is 33.6. The molecule has 9 nitrogen and oxygen atoms in total. The maximum Gasteiger partial charge on any atom is 0.448 e. The molecule has 0 aliphatic heterocycles. The standard InChI is InChI=1S/3C8H5F3O2S.Eu.3H2O/c3*9-8(10,11)7(13)4-5(12)6-2-1-3-14-6;;;;/h3*1-4,13H;;3*1H2/b3*7-4-;;;;. The first kappa shape index (κ1) is 50.4. The van der Waals surface area contributed by atoms with Crippen LogP contribution in [0.3, 0.4) is 0 Å². The molecular formula is C24H21EuF9O9S3. The molecule has 0 atom stereocenters. The minimum absolute atomic E-state index is 0. The van der Waals surface area contributed by atoms with Crippen molar-refractivity contribution in [1.82, 2.24) is 0 Å². The predicted molar refractivity (Wildman–Crippen MR) is 147 cm³/mol. The fourth-order valence-corrected chi connectivity index (χ4v) is 4.00. The Kier molecular flexibility index (Phi) is 24.3. The third-order valence-electron chi connectivity index (χ3n) is 3.97. The molecule has 0 spiro atoms. The van der Waals surface area contributed by atoms with Gasteiger partial charge in [-0.2, -0.15) is 39.5 Å². The van der Waals surface area contributed by atoms with Crippen molar-refractivity contribution < 1.29 is 135 Å². The molecule has 259 valence electrons. The molecule has 0 saturated heterocycles. The summed E-state index contributed by atoms with van der Waals surface area (Å²) in [6.07, 6.45) is -14.1. The van der Waals surface area contributed by atoms with Crippen LogP contribution >= 0.6 is 34.0 Å². The normalized spacial score (nSPS) is 11.8. The Morgan fingerprint density at radius 2 is 0.696 bits per heavy atom. The van der Waals surface area contributed by atoms with Crippen molar-refractivity contribution >= 4 is 51.4 Å². The number of carbonyl (C=O) groups is 3. The molecule has 0 aliphatic carbocycles. The summed E-state index contributed by atoms with van der Waals surface area (Å²) in [5.74, 6) is -8.19. The van der Waals surface area contributed by atoms with Gasteiger partial charge in [0.1, 0.15) is 0 Å². The molecule has 46 heavy (non-hydrogen) atoms. The number of alkyl halides is 9. The number of carbonyl (C=O) groups excluding carboxylic acids is 3. The van der Waals surface area contributed by atoms with E-state index in [0.29, 0.717) is 0 Å². The minimum atomic E-state index is -4.87. The van der Waals surface area contributed by atoms with Crippen LogP contribution in [-0.2, 0) is 0 Å². The van der Waals surface area contributed by atoms with Gasteiger partial charge < -0.3 is 31.7 Å². The van der Waals surface area contributed by atoms with Crippen LogP contribution in [0, 0.1) is 49.4 Å². The molecule has 0 aromatic carbocycles. The fourth-order valence-electron chi connectivity index (χ4n) is 2.09. The summed E-state index contributed by atoms with van der Waals surface area (Å²) in [5.41, 5.74) is 0. The van der Waals surface area contributed by atoms with Crippen LogP contribution in [0.4, 0.5) is 39.5 Å². The van der Waals surface area contributed by atoms with E-state index in [0.717, 1.165) is 34.0 Å². The first-order chi connectivity index (χ1) is 19.2. The Labute approximate surface area is 305 Å².